The first kappa shape index (κ1) is 19.5. The molecule has 1 aromatic carbocycles. The predicted octanol–water partition coefficient (Wildman–Crippen LogP) is 2.91. The first-order valence-electron chi connectivity index (χ1n) is 7.89. The fourth-order valence-corrected chi connectivity index (χ4v) is 4.10. The number of halogens is 1. The fraction of sp³-hybridized carbons (Fsp3) is 0.412. The first-order chi connectivity index (χ1) is 11.6. The lowest BCUT2D eigenvalue weighted by molar-refractivity contribution is 0.103. The van der Waals surface area contributed by atoms with E-state index in [1.807, 2.05) is 0 Å². The number of ketones is 1. The molecule has 1 aliphatic carbocycles. The number of allylic oxidation sites excluding steroid dienone is 1. The van der Waals surface area contributed by atoms with Crippen LogP contribution in [0.25, 0.3) is 0 Å². The van der Waals surface area contributed by atoms with Crippen LogP contribution in [0.1, 0.15) is 35.7 Å². The number of nitrogens with one attached hydrogen (secondary N) is 2. The van der Waals surface area contributed by atoms with Crippen molar-refractivity contribution in [2.45, 2.75) is 31.1 Å². The summed E-state index contributed by atoms with van der Waals surface area (Å²) >= 11 is 6.33. The summed E-state index contributed by atoms with van der Waals surface area (Å²) in [6.45, 7) is 1.75. The molecule has 0 saturated heterocycles. The zero-order valence-electron chi connectivity index (χ0n) is 14.3. The molecule has 0 atom stereocenters. The summed E-state index contributed by atoms with van der Waals surface area (Å²) in [5, 5.41) is 20.8. The lowest BCUT2D eigenvalue weighted by atomic mass is 9.95. The Bertz CT molecular complexity index is 871. The average molecular weight is 385 g/mol. The van der Waals surface area contributed by atoms with Crippen LogP contribution in [0, 0.1) is 11.3 Å². The second kappa shape index (κ2) is 7.17. The normalized spacial score (nSPS) is 15.5. The average Bonchev–Trinajstić information content (AvgIpc) is 3.38. The highest BCUT2D eigenvalue weighted by Crippen LogP contribution is 2.35. The van der Waals surface area contributed by atoms with Gasteiger partial charge in [-0.15, -0.1) is 0 Å². The van der Waals surface area contributed by atoms with E-state index in [0.717, 1.165) is 19.1 Å². The van der Waals surface area contributed by atoms with Gasteiger partial charge in [0.05, 0.1) is 15.6 Å². The van der Waals surface area contributed by atoms with E-state index < -0.39 is 15.6 Å². The van der Waals surface area contributed by atoms with Crippen LogP contribution in [0.3, 0.4) is 0 Å². The van der Waals surface area contributed by atoms with Gasteiger partial charge in [0.2, 0.25) is 5.78 Å². The SMILES string of the molecule is CCc1c(S(C)(=O)=O)ccc(C(=O)/C(C(=N)C2CC2)=C(\O)NC)c1Cl. The third-order valence-corrected chi connectivity index (χ3v) is 5.77. The quantitative estimate of drug-likeness (QED) is 0.290. The number of hydrogen-bond acceptors (Lipinski definition) is 6. The van der Waals surface area contributed by atoms with Gasteiger partial charge in [-0.05, 0) is 37.0 Å². The molecule has 0 spiro atoms. The van der Waals surface area contributed by atoms with Crippen molar-refractivity contribution in [3.63, 3.8) is 0 Å². The van der Waals surface area contributed by atoms with E-state index in [-0.39, 0.29) is 38.6 Å². The number of sulfone groups is 1. The van der Waals surface area contributed by atoms with Crippen molar-refractivity contribution in [1.29, 1.82) is 5.41 Å². The van der Waals surface area contributed by atoms with Crippen molar-refractivity contribution < 1.29 is 18.3 Å². The van der Waals surface area contributed by atoms with Gasteiger partial charge in [0.15, 0.2) is 15.7 Å². The molecule has 2 rings (SSSR count). The zero-order chi connectivity index (χ0) is 18.9. The molecule has 6 nitrogen and oxygen atoms in total. The Morgan fingerprint density at radius 2 is 2.00 bits per heavy atom. The molecule has 0 aliphatic heterocycles. The molecule has 0 unspecified atom stereocenters. The number of benzene rings is 1. The van der Waals surface area contributed by atoms with Gasteiger partial charge >= 0.3 is 0 Å². The number of aliphatic hydroxyl groups excluding tert-OH is 1. The number of hydrogen-bond donors (Lipinski definition) is 3. The van der Waals surface area contributed by atoms with Gasteiger partial charge in [-0.3, -0.25) is 4.79 Å². The summed E-state index contributed by atoms with van der Waals surface area (Å²) in [5.74, 6) is -1.03. The molecule has 8 heteroatoms. The van der Waals surface area contributed by atoms with Crippen LogP contribution in [0.15, 0.2) is 28.5 Å². The largest absolute Gasteiger partial charge is 0.494 e. The van der Waals surface area contributed by atoms with Gasteiger partial charge in [-0.2, -0.15) is 0 Å². The number of rotatable bonds is 7. The van der Waals surface area contributed by atoms with E-state index in [2.05, 4.69) is 5.32 Å². The lowest BCUT2D eigenvalue weighted by Crippen LogP contribution is -2.22. The fourth-order valence-electron chi connectivity index (χ4n) is 2.65. The van der Waals surface area contributed by atoms with Gasteiger partial charge in [-0.25, -0.2) is 8.42 Å². The number of Topliss-reactive ketones (excluding diaryl/α,β-unsaturated/α-hetero) is 1. The van der Waals surface area contributed by atoms with Crippen LogP contribution in [-0.2, 0) is 16.3 Å². The minimum Gasteiger partial charge on any atom is -0.494 e. The van der Waals surface area contributed by atoms with Crippen molar-refractivity contribution in [3.05, 3.63) is 39.7 Å². The van der Waals surface area contributed by atoms with Gasteiger partial charge in [0.25, 0.3) is 0 Å². The molecule has 1 fully saturated rings. The summed E-state index contributed by atoms with van der Waals surface area (Å²) in [5.41, 5.74) is 0.378. The maximum absolute atomic E-state index is 12.9. The Labute approximate surface area is 152 Å². The lowest BCUT2D eigenvalue weighted by Gasteiger charge is -2.15. The topological polar surface area (TPSA) is 107 Å². The van der Waals surface area contributed by atoms with E-state index in [4.69, 9.17) is 17.0 Å². The third-order valence-electron chi connectivity index (χ3n) is 4.15. The van der Waals surface area contributed by atoms with E-state index in [0.29, 0.717) is 12.0 Å². The Hall–Kier alpha value is -1.86. The molecule has 0 radical (unpaired) electrons. The van der Waals surface area contributed by atoms with Crippen molar-refractivity contribution in [3.8, 4) is 0 Å². The van der Waals surface area contributed by atoms with E-state index in [1.165, 1.54) is 19.2 Å². The van der Waals surface area contributed by atoms with Crippen molar-refractivity contribution in [2.24, 2.45) is 5.92 Å². The summed E-state index contributed by atoms with van der Waals surface area (Å²) in [7, 11) is -2.03. The third kappa shape index (κ3) is 3.88. The molecule has 136 valence electrons. The molecule has 1 saturated carbocycles. The zero-order valence-corrected chi connectivity index (χ0v) is 15.9. The molecule has 1 aromatic rings. The minimum atomic E-state index is -3.48. The van der Waals surface area contributed by atoms with Crippen LogP contribution < -0.4 is 5.32 Å². The molecular weight excluding hydrogens is 364 g/mol. The van der Waals surface area contributed by atoms with E-state index in [9.17, 15) is 18.3 Å². The number of carbonyl (C=O) groups excluding carboxylic acids is 1. The Morgan fingerprint density at radius 3 is 2.44 bits per heavy atom. The highest BCUT2D eigenvalue weighted by molar-refractivity contribution is 7.90. The summed E-state index contributed by atoms with van der Waals surface area (Å²) in [6.07, 6.45) is 3.01. The standard InChI is InChI=1S/C17H21ClN2O4S/c1-4-10-12(25(3,23)24)8-7-11(14(10)18)16(21)13(17(22)20-2)15(19)9-5-6-9/h7-9,19-20,22H,4-6H2,1-3H3/b17-13-,19-15?. The molecule has 0 amide bonds. The molecule has 0 aromatic heterocycles. The molecule has 25 heavy (non-hydrogen) atoms. The van der Waals surface area contributed by atoms with Crippen LogP contribution in [0.2, 0.25) is 5.02 Å². The second-order valence-electron chi connectivity index (χ2n) is 6.02. The molecule has 0 bridgehead atoms. The van der Waals surface area contributed by atoms with E-state index in [1.54, 1.807) is 6.92 Å². The molecule has 0 heterocycles. The van der Waals surface area contributed by atoms with Gasteiger partial charge in [-0.1, -0.05) is 18.5 Å². The second-order valence-corrected chi connectivity index (χ2v) is 8.38. The van der Waals surface area contributed by atoms with Crippen molar-refractivity contribution in [1.82, 2.24) is 5.32 Å². The van der Waals surface area contributed by atoms with Crippen LogP contribution in [0.4, 0.5) is 0 Å². The molecule has 3 N–H and O–H groups in total. The number of aliphatic hydroxyl groups is 1. The van der Waals surface area contributed by atoms with Crippen LogP contribution in [0.5, 0.6) is 0 Å². The number of carbonyl (C=O) groups is 1. The highest BCUT2D eigenvalue weighted by atomic mass is 35.5. The minimum absolute atomic E-state index is 0.0421. The predicted molar refractivity (Wildman–Crippen MR) is 97.4 cm³/mol. The summed E-state index contributed by atoms with van der Waals surface area (Å²) in [4.78, 5) is 13.0. The smallest absolute Gasteiger partial charge is 0.201 e. The molecular formula is C17H21ClN2O4S. The Balaban J connectivity index is 2.60. The summed E-state index contributed by atoms with van der Waals surface area (Å²) < 4.78 is 23.8. The maximum atomic E-state index is 12.9. The maximum Gasteiger partial charge on any atom is 0.201 e. The van der Waals surface area contributed by atoms with Gasteiger partial charge < -0.3 is 15.8 Å². The van der Waals surface area contributed by atoms with Gasteiger partial charge in [0.1, 0.15) is 5.57 Å². The van der Waals surface area contributed by atoms with Crippen molar-refractivity contribution in [2.75, 3.05) is 13.3 Å². The highest BCUT2D eigenvalue weighted by Gasteiger charge is 2.34. The van der Waals surface area contributed by atoms with Crippen LogP contribution >= 0.6 is 11.6 Å². The first-order valence-corrected chi connectivity index (χ1v) is 10.2. The Morgan fingerprint density at radius 1 is 1.40 bits per heavy atom. The van der Waals surface area contributed by atoms with Crippen LogP contribution in [-0.4, -0.2) is 38.3 Å². The van der Waals surface area contributed by atoms with E-state index >= 15 is 0 Å². The van der Waals surface area contributed by atoms with Crippen molar-refractivity contribution >= 4 is 32.9 Å². The Kier molecular flexibility index (Phi) is 5.58. The molecule has 1 aliphatic rings. The monoisotopic (exact) mass is 384 g/mol. The van der Waals surface area contributed by atoms with Gasteiger partial charge in [0, 0.05) is 24.8 Å². The summed E-state index contributed by atoms with van der Waals surface area (Å²) in [6, 6.07) is 2.69.